The molecule has 0 radical (unpaired) electrons. The number of aliphatic hydroxyl groups is 1. The Kier molecular flexibility index (Phi) is 2.79. The molecule has 2 aromatic rings. The van der Waals surface area contributed by atoms with Crippen LogP contribution < -0.4 is 0 Å². The molecular weight excluding hydrogens is 191 g/mol. The minimum atomic E-state index is -0.265. The van der Waals surface area contributed by atoms with Gasteiger partial charge in [0.1, 0.15) is 5.82 Å². The van der Waals surface area contributed by atoms with E-state index in [1.54, 1.807) is 24.3 Å². The highest BCUT2D eigenvalue weighted by Crippen LogP contribution is 2.25. The number of aliphatic hydroxyl groups excluding tert-OH is 1. The third-order valence-electron chi connectivity index (χ3n) is 2.35. The van der Waals surface area contributed by atoms with Crippen molar-refractivity contribution >= 4 is 0 Å². The van der Waals surface area contributed by atoms with Gasteiger partial charge < -0.3 is 5.11 Å². The van der Waals surface area contributed by atoms with Crippen LogP contribution in [0.25, 0.3) is 11.1 Å². The summed E-state index contributed by atoms with van der Waals surface area (Å²) in [7, 11) is 0. The first kappa shape index (κ1) is 9.87. The van der Waals surface area contributed by atoms with Crippen LogP contribution in [0.5, 0.6) is 0 Å². The lowest BCUT2D eigenvalue weighted by atomic mass is 10.00. The highest BCUT2D eigenvalue weighted by atomic mass is 19.1. The Balaban J connectivity index is 2.59. The van der Waals surface area contributed by atoms with Crippen molar-refractivity contribution in [1.29, 1.82) is 0 Å². The molecule has 2 heteroatoms. The second-order valence-corrected chi connectivity index (χ2v) is 3.30. The van der Waals surface area contributed by atoms with E-state index in [1.165, 1.54) is 6.07 Å². The molecule has 0 aliphatic heterocycles. The molecule has 0 spiro atoms. The van der Waals surface area contributed by atoms with Gasteiger partial charge in [0.05, 0.1) is 6.61 Å². The smallest absolute Gasteiger partial charge is 0.131 e. The van der Waals surface area contributed by atoms with E-state index < -0.39 is 0 Å². The predicted molar refractivity (Wildman–Crippen MR) is 57.8 cm³/mol. The summed E-state index contributed by atoms with van der Waals surface area (Å²) in [5.74, 6) is -0.265. The van der Waals surface area contributed by atoms with Gasteiger partial charge >= 0.3 is 0 Å². The van der Waals surface area contributed by atoms with Gasteiger partial charge in [-0.15, -0.1) is 0 Å². The van der Waals surface area contributed by atoms with E-state index in [1.807, 2.05) is 18.2 Å². The van der Waals surface area contributed by atoms with Crippen LogP contribution in [0, 0.1) is 5.82 Å². The van der Waals surface area contributed by atoms with E-state index in [0.717, 1.165) is 11.1 Å². The fourth-order valence-electron chi connectivity index (χ4n) is 1.60. The monoisotopic (exact) mass is 202 g/mol. The Bertz CT molecular complexity index is 466. The van der Waals surface area contributed by atoms with Crippen molar-refractivity contribution in [2.24, 2.45) is 0 Å². The highest BCUT2D eigenvalue weighted by Gasteiger charge is 2.07. The van der Waals surface area contributed by atoms with Crippen LogP contribution in [0.4, 0.5) is 4.39 Å². The average Bonchev–Trinajstić information content (AvgIpc) is 2.30. The zero-order valence-electron chi connectivity index (χ0n) is 8.15. The normalized spacial score (nSPS) is 10.3. The Morgan fingerprint density at radius 2 is 1.47 bits per heavy atom. The van der Waals surface area contributed by atoms with E-state index in [2.05, 4.69) is 0 Å². The lowest BCUT2D eigenvalue weighted by molar-refractivity contribution is 0.282. The second-order valence-electron chi connectivity index (χ2n) is 3.30. The summed E-state index contributed by atoms with van der Waals surface area (Å²) in [4.78, 5) is 0. The maximum atomic E-state index is 13.5. The molecule has 0 bridgehead atoms. The molecule has 0 aliphatic carbocycles. The summed E-state index contributed by atoms with van der Waals surface area (Å²) < 4.78 is 13.5. The molecular formula is C13H11FO. The van der Waals surface area contributed by atoms with Gasteiger partial charge in [-0.05, 0) is 17.2 Å². The molecule has 2 rings (SSSR count). The number of hydrogen-bond donors (Lipinski definition) is 1. The third kappa shape index (κ3) is 1.90. The summed E-state index contributed by atoms with van der Waals surface area (Å²) in [6.45, 7) is -0.0789. The molecule has 0 amide bonds. The number of rotatable bonds is 2. The van der Waals surface area contributed by atoms with Crippen molar-refractivity contribution in [3.8, 4) is 11.1 Å². The van der Waals surface area contributed by atoms with Crippen molar-refractivity contribution in [1.82, 2.24) is 0 Å². The van der Waals surface area contributed by atoms with Gasteiger partial charge in [-0.2, -0.15) is 0 Å². The zero-order chi connectivity index (χ0) is 10.7. The van der Waals surface area contributed by atoms with E-state index in [9.17, 15) is 4.39 Å². The van der Waals surface area contributed by atoms with Gasteiger partial charge in [-0.3, -0.25) is 0 Å². The first-order valence-corrected chi connectivity index (χ1v) is 4.76. The second kappa shape index (κ2) is 4.24. The summed E-state index contributed by atoms with van der Waals surface area (Å²) in [5, 5.41) is 9.15. The topological polar surface area (TPSA) is 20.2 Å². The lowest BCUT2D eigenvalue weighted by Gasteiger charge is -2.07. The highest BCUT2D eigenvalue weighted by molar-refractivity contribution is 5.67. The molecule has 1 nitrogen and oxygen atoms in total. The fraction of sp³-hybridized carbons (Fsp3) is 0.0769. The zero-order valence-corrected chi connectivity index (χ0v) is 8.15. The van der Waals surface area contributed by atoms with Gasteiger partial charge in [-0.1, -0.05) is 42.5 Å². The van der Waals surface area contributed by atoms with Crippen molar-refractivity contribution in [3.63, 3.8) is 0 Å². The van der Waals surface area contributed by atoms with Gasteiger partial charge in [0.15, 0.2) is 0 Å². The van der Waals surface area contributed by atoms with Crippen LogP contribution in [0.2, 0.25) is 0 Å². The van der Waals surface area contributed by atoms with Gasteiger partial charge in [0.25, 0.3) is 0 Å². The Morgan fingerprint density at radius 1 is 0.867 bits per heavy atom. The van der Waals surface area contributed by atoms with Gasteiger partial charge in [0, 0.05) is 5.56 Å². The quantitative estimate of drug-likeness (QED) is 0.793. The van der Waals surface area contributed by atoms with Crippen molar-refractivity contribution in [2.75, 3.05) is 0 Å². The van der Waals surface area contributed by atoms with Crippen molar-refractivity contribution < 1.29 is 9.50 Å². The average molecular weight is 202 g/mol. The van der Waals surface area contributed by atoms with E-state index >= 15 is 0 Å². The van der Waals surface area contributed by atoms with Crippen LogP contribution in [-0.4, -0.2) is 5.11 Å². The Morgan fingerprint density at radius 3 is 2.13 bits per heavy atom. The largest absolute Gasteiger partial charge is 0.392 e. The van der Waals surface area contributed by atoms with Crippen molar-refractivity contribution in [3.05, 3.63) is 59.9 Å². The summed E-state index contributed by atoms with van der Waals surface area (Å²) in [6.07, 6.45) is 0. The Labute approximate surface area is 87.8 Å². The van der Waals surface area contributed by atoms with Gasteiger partial charge in [0.2, 0.25) is 0 Å². The van der Waals surface area contributed by atoms with E-state index in [0.29, 0.717) is 5.56 Å². The minimum Gasteiger partial charge on any atom is -0.392 e. The molecule has 0 unspecified atom stereocenters. The first-order valence-electron chi connectivity index (χ1n) is 4.76. The van der Waals surface area contributed by atoms with E-state index in [4.69, 9.17) is 5.11 Å². The predicted octanol–water partition coefficient (Wildman–Crippen LogP) is 2.99. The molecule has 0 aromatic heterocycles. The molecule has 1 N–H and O–H groups in total. The SMILES string of the molecule is OCc1ccccc1-c1ccccc1F. The molecule has 0 heterocycles. The summed E-state index contributed by atoms with van der Waals surface area (Å²) >= 11 is 0. The standard InChI is InChI=1S/C13H11FO/c14-13-8-4-3-7-12(13)11-6-2-1-5-10(11)9-15/h1-8,15H,9H2. The molecule has 0 saturated heterocycles. The lowest BCUT2D eigenvalue weighted by Crippen LogP contribution is -1.91. The third-order valence-corrected chi connectivity index (χ3v) is 2.35. The number of hydrogen-bond acceptors (Lipinski definition) is 1. The van der Waals surface area contributed by atoms with Crippen LogP contribution >= 0.6 is 0 Å². The minimum absolute atomic E-state index is 0.0789. The molecule has 2 aromatic carbocycles. The summed E-state index contributed by atoms with van der Waals surface area (Å²) in [6, 6.07) is 13.8. The van der Waals surface area contributed by atoms with Crippen LogP contribution in [-0.2, 0) is 6.61 Å². The van der Waals surface area contributed by atoms with Crippen LogP contribution in [0.1, 0.15) is 5.56 Å². The maximum absolute atomic E-state index is 13.5. The van der Waals surface area contributed by atoms with Gasteiger partial charge in [-0.25, -0.2) is 4.39 Å². The number of halogens is 1. The van der Waals surface area contributed by atoms with Crippen LogP contribution in [0.3, 0.4) is 0 Å². The first-order chi connectivity index (χ1) is 7.33. The summed E-state index contributed by atoms with van der Waals surface area (Å²) in [5.41, 5.74) is 2.02. The van der Waals surface area contributed by atoms with Crippen LogP contribution in [0.15, 0.2) is 48.5 Å². The molecule has 15 heavy (non-hydrogen) atoms. The Hall–Kier alpha value is -1.67. The maximum Gasteiger partial charge on any atom is 0.131 e. The molecule has 0 fully saturated rings. The molecule has 0 atom stereocenters. The van der Waals surface area contributed by atoms with Crippen molar-refractivity contribution in [2.45, 2.75) is 6.61 Å². The van der Waals surface area contributed by atoms with E-state index in [-0.39, 0.29) is 12.4 Å². The fourth-order valence-corrected chi connectivity index (χ4v) is 1.60. The molecule has 0 aliphatic rings. The molecule has 0 saturated carbocycles. The molecule has 76 valence electrons. The number of benzene rings is 2.